The summed E-state index contributed by atoms with van der Waals surface area (Å²) in [6.45, 7) is 0. The van der Waals surface area contributed by atoms with Crippen LogP contribution in [0.1, 0.15) is 0 Å². The van der Waals surface area contributed by atoms with Crippen molar-refractivity contribution in [2.45, 2.75) is 0 Å². The highest BCUT2D eigenvalue weighted by molar-refractivity contribution is 6.09. The van der Waals surface area contributed by atoms with Gasteiger partial charge in [0.05, 0.1) is 11.0 Å². The Hall–Kier alpha value is -3.06. The fraction of sp³-hybridized carbons (Fsp3) is 0. The van der Waals surface area contributed by atoms with Crippen LogP contribution in [0.2, 0.25) is 0 Å². The average molecular weight is 293 g/mol. The zero-order chi connectivity index (χ0) is 15.2. The highest BCUT2D eigenvalue weighted by Gasteiger charge is 2.11. The Morgan fingerprint density at radius 2 is 1.04 bits per heavy atom. The Morgan fingerprint density at radius 1 is 0.478 bits per heavy atom. The van der Waals surface area contributed by atoms with E-state index in [9.17, 15) is 0 Å². The van der Waals surface area contributed by atoms with Crippen molar-refractivity contribution in [1.82, 2.24) is 4.57 Å². The largest absolute Gasteiger partial charge is 0.309 e. The highest BCUT2D eigenvalue weighted by Crippen LogP contribution is 2.32. The van der Waals surface area contributed by atoms with Gasteiger partial charge in [0.1, 0.15) is 0 Å². The smallest absolute Gasteiger partial charge is 0.0541 e. The van der Waals surface area contributed by atoms with Crippen molar-refractivity contribution in [3.63, 3.8) is 0 Å². The molecule has 0 unspecified atom stereocenters. The summed E-state index contributed by atoms with van der Waals surface area (Å²) in [4.78, 5) is 0. The number of aromatic nitrogens is 1. The number of fused-ring (bicyclic) bond motifs is 4. The molecule has 1 heteroatoms. The first-order valence-electron chi connectivity index (χ1n) is 7.89. The van der Waals surface area contributed by atoms with Crippen LogP contribution in [0.5, 0.6) is 0 Å². The number of nitrogens with zero attached hydrogens (tertiary/aromatic N) is 1. The first-order chi connectivity index (χ1) is 11.4. The summed E-state index contributed by atoms with van der Waals surface area (Å²) in [5.41, 5.74) is 3.72. The molecule has 0 aliphatic heterocycles. The zero-order valence-corrected chi connectivity index (χ0v) is 12.6. The van der Waals surface area contributed by atoms with Gasteiger partial charge in [0.15, 0.2) is 0 Å². The monoisotopic (exact) mass is 293 g/mol. The van der Waals surface area contributed by atoms with E-state index < -0.39 is 0 Å². The van der Waals surface area contributed by atoms with Crippen molar-refractivity contribution in [2.75, 3.05) is 0 Å². The minimum Gasteiger partial charge on any atom is -0.309 e. The predicted octanol–water partition coefficient (Wildman–Crippen LogP) is 5.94. The molecule has 0 atom stereocenters. The van der Waals surface area contributed by atoms with Crippen molar-refractivity contribution >= 4 is 32.6 Å². The third-order valence-corrected chi connectivity index (χ3v) is 4.57. The predicted molar refractivity (Wildman–Crippen MR) is 98.3 cm³/mol. The van der Waals surface area contributed by atoms with Crippen molar-refractivity contribution < 1.29 is 0 Å². The van der Waals surface area contributed by atoms with Crippen molar-refractivity contribution in [1.29, 1.82) is 0 Å². The number of rotatable bonds is 1. The van der Waals surface area contributed by atoms with Crippen LogP contribution in [0, 0.1) is 0 Å². The number of hydrogen-bond donors (Lipinski definition) is 0. The fourth-order valence-corrected chi connectivity index (χ4v) is 3.52. The second-order valence-electron chi connectivity index (χ2n) is 5.90. The van der Waals surface area contributed by atoms with Crippen molar-refractivity contribution in [2.24, 2.45) is 0 Å². The van der Waals surface area contributed by atoms with Crippen LogP contribution in [0.4, 0.5) is 0 Å². The summed E-state index contributed by atoms with van der Waals surface area (Å²) in [6, 6.07) is 32.4. The quantitative estimate of drug-likeness (QED) is 0.360. The summed E-state index contributed by atoms with van der Waals surface area (Å²) in [5, 5.41) is 5.15. The molecule has 0 aliphatic rings. The van der Waals surface area contributed by atoms with Gasteiger partial charge in [-0.25, -0.2) is 0 Å². The highest BCUT2D eigenvalue weighted by atomic mass is 15.0. The van der Waals surface area contributed by atoms with Gasteiger partial charge in [-0.15, -0.1) is 0 Å². The van der Waals surface area contributed by atoms with E-state index in [-0.39, 0.29) is 0 Å². The molecule has 0 fully saturated rings. The van der Waals surface area contributed by atoms with Crippen LogP contribution in [0.3, 0.4) is 0 Å². The van der Waals surface area contributed by atoms with E-state index in [4.69, 9.17) is 0 Å². The number of hydrogen-bond acceptors (Lipinski definition) is 0. The Balaban J connectivity index is 1.93. The van der Waals surface area contributed by atoms with Gasteiger partial charge in [-0.2, -0.15) is 0 Å². The maximum atomic E-state index is 2.36. The summed E-state index contributed by atoms with van der Waals surface area (Å²) >= 11 is 0. The first-order valence-corrected chi connectivity index (χ1v) is 7.89. The molecule has 0 bridgehead atoms. The summed E-state index contributed by atoms with van der Waals surface area (Å²) in [5.74, 6) is 0. The van der Waals surface area contributed by atoms with Gasteiger partial charge >= 0.3 is 0 Å². The third kappa shape index (κ3) is 1.80. The molecular formula is C22H15N. The molecule has 5 aromatic rings. The van der Waals surface area contributed by atoms with Gasteiger partial charge in [-0.3, -0.25) is 0 Å². The van der Waals surface area contributed by atoms with E-state index in [2.05, 4.69) is 95.6 Å². The maximum absolute atomic E-state index is 2.36. The molecule has 0 saturated heterocycles. The Kier molecular flexibility index (Phi) is 2.56. The van der Waals surface area contributed by atoms with Crippen LogP contribution in [0.15, 0.2) is 91.0 Å². The molecule has 1 heterocycles. The molecule has 108 valence electrons. The lowest BCUT2D eigenvalue weighted by Crippen LogP contribution is -1.93. The SMILES string of the molecule is c1ccc2cc(-n3c4ccccc4c4ccccc43)ccc2c1. The molecule has 0 spiro atoms. The minimum absolute atomic E-state index is 1.21. The van der Waals surface area contributed by atoms with Gasteiger partial charge < -0.3 is 4.57 Å². The standard InChI is InChI=1S/C22H15N/c1-2-8-17-15-18(14-13-16(17)7-1)23-21-11-5-3-9-19(21)20-10-4-6-12-22(20)23/h1-15H. The summed E-state index contributed by atoms with van der Waals surface area (Å²) < 4.78 is 2.36. The lowest BCUT2D eigenvalue weighted by atomic mass is 10.1. The second kappa shape index (κ2) is 4.72. The first kappa shape index (κ1) is 12.5. The van der Waals surface area contributed by atoms with E-state index >= 15 is 0 Å². The Bertz CT molecular complexity index is 1110. The van der Waals surface area contributed by atoms with Crippen LogP contribution in [0.25, 0.3) is 38.3 Å². The second-order valence-corrected chi connectivity index (χ2v) is 5.90. The van der Waals surface area contributed by atoms with E-state index in [1.54, 1.807) is 0 Å². The zero-order valence-electron chi connectivity index (χ0n) is 12.6. The van der Waals surface area contributed by atoms with E-state index in [1.165, 1.54) is 38.3 Å². The van der Waals surface area contributed by atoms with Gasteiger partial charge in [0.25, 0.3) is 0 Å². The van der Waals surface area contributed by atoms with Crippen LogP contribution >= 0.6 is 0 Å². The lowest BCUT2D eigenvalue weighted by Gasteiger charge is -2.09. The number of benzene rings is 4. The van der Waals surface area contributed by atoms with Gasteiger partial charge in [-0.1, -0.05) is 66.7 Å². The maximum Gasteiger partial charge on any atom is 0.0541 e. The molecular weight excluding hydrogens is 278 g/mol. The van der Waals surface area contributed by atoms with Crippen molar-refractivity contribution in [3.05, 3.63) is 91.0 Å². The van der Waals surface area contributed by atoms with E-state index in [0.717, 1.165) is 0 Å². The van der Waals surface area contributed by atoms with Crippen LogP contribution in [-0.4, -0.2) is 4.57 Å². The number of para-hydroxylation sites is 2. The molecule has 23 heavy (non-hydrogen) atoms. The topological polar surface area (TPSA) is 4.93 Å². The molecule has 0 radical (unpaired) electrons. The molecule has 0 amide bonds. The lowest BCUT2D eigenvalue weighted by molar-refractivity contribution is 1.19. The van der Waals surface area contributed by atoms with Gasteiger partial charge in [0, 0.05) is 16.5 Å². The molecule has 1 aromatic heterocycles. The van der Waals surface area contributed by atoms with Gasteiger partial charge in [0.2, 0.25) is 0 Å². The average Bonchev–Trinajstić information content (AvgIpc) is 2.96. The van der Waals surface area contributed by atoms with Crippen LogP contribution < -0.4 is 0 Å². The fourth-order valence-electron chi connectivity index (χ4n) is 3.52. The third-order valence-electron chi connectivity index (χ3n) is 4.57. The van der Waals surface area contributed by atoms with E-state index in [1.807, 2.05) is 0 Å². The summed E-state index contributed by atoms with van der Waals surface area (Å²) in [7, 11) is 0. The summed E-state index contributed by atoms with van der Waals surface area (Å²) in [6.07, 6.45) is 0. The Labute approximate surface area is 134 Å². The van der Waals surface area contributed by atoms with Gasteiger partial charge in [-0.05, 0) is 35.0 Å². The molecule has 4 aromatic carbocycles. The normalized spacial score (nSPS) is 11.5. The molecule has 5 rings (SSSR count). The molecule has 1 nitrogen and oxygen atoms in total. The van der Waals surface area contributed by atoms with Crippen molar-refractivity contribution in [3.8, 4) is 5.69 Å². The minimum atomic E-state index is 1.21. The van der Waals surface area contributed by atoms with Crippen LogP contribution in [-0.2, 0) is 0 Å². The molecule has 0 N–H and O–H groups in total. The Morgan fingerprint density at radius 3 is 1.74 bits per heavy atom. The molecule has 0 aliphatic carbocycles. The van der Waals surface area contributed by atoms with E-state index in [0.29, 0.717) is 0 Å². The molecule has 0 saturated carbocycles.